The van der Waals surface area contributed by atoms with E-state index in [1.54, 1.807) is 6.07 Å². The first-order valence-corrected chi connectivity index (χ1v) is 6.76. The Morgan fingerprint density at radius 1 is 1.19 bits per heavy atom. The Morgan fingerprint density at radius 3 is 2.38 bits per heavy atom. The highest BCUT2D eigenvalue weighted by molar-refractivity contribution is 5.19. The summed E-state index contributed by atoms with van der Waals surface area (Å²) in [6, 6.07) is 5.73. The van der Waals surface area contributed by atoms with Gasteiger partial charge in [0, 0.05) is 12.1 Å². The standard InChI is InChI=1S/C15H21F4NO/c1-14(2,3)20-10-13(21-8-7-15(17,18)19)11-5-4-6-12(16)9-11/h4-6,9,13,20H,7-8,10H2,1-3H3. The zero-order chi connectivity index (χ0) is 16.1. The molecule has 0 heterocycles. The molecular weight excluding hydrogens is 286 g/mol. The Balaban J connectivity index is 2.70. The molecule has 120 valence electrons. The number of hydrogen-bond donors (Lipinski definition) is 1. The molecule has 0 fully saturated rings. The van der Waals surface area contributed by atoms with E-state index < -0.39 is 31.1 Å². The fourth-order valence-electron chi connectivity index (χ4n) is 1.70. The Morgan fingerprint density at radius 2 is 1.86 bits per heavy atom. The van der Waals surface area contributed by atoms with Crippen LogP contribution in [0, 0.1) is 5.82 Å². The van der Waals surface area contributed by atoms with Crippen LogP contribution in [0.3, 0.4) is 0 Å². The van der Waals surface area contributed by atoms with Gasteiger partial charge in [0.05, 0.1) is 19.1 Å². The van der Waals surface area contributed by atoms with Crippen LogP contribution in [0.2, 0.25) is 0 Å². The Labute approximate surface area is 122 Å². The van der Waals surface area contributed by atoms with E-state index in [9.17, 15) is 17.6 Å². The van der Waals surface area contributed by atoms with Crippen LogP contribution in [-0.2, 0) is 4.74 Å². The molecule has 1 unspecified atom stereocenters. The lowest BCUT2D eigenvalue weighted by molar-refractivity contribution is -0.149. The zero-order valence-electron chi connectivity index (χ0n) is 12.4. The van der Waals surface area contributed by atoms with Gasteiger partial charge in [0.15, 0.2) is 0 Å². The van der Waals surface area contributed by atoms with Gasteiger partial charge in [-0.1, -0.05) is 12.1 Å². The highest BCUT2D eigenvalue weighted by Gasteiger charge is 2.27. The summed E-state index contributed by atoms with van der Waals surface area (Å²) in [5.74, 6) is -0.437. The van der Waals surface area contributed by atoms with Crippen molar-refractivity contribution in [3.63, 3.8) is 0 Å². The summed E-state index contributed by atoms with van der Waals surface area (Å²) in [6.07, 6.45) is -5.90. The first kappa shape index (κ1) is 17.9. The summed E-state index contributed by atoms with van der Waals surface area (Å²) >= 11 is 0. The average molecular weight is 307 g/mol. The first-order valence-electron chi connectivity index (χ1n) is 6.76. The Kier molecular flexibility index (Phi) is 6.16. The highest BCUT2D eigenvalue weighted by atomic mass is 19.4. The van der Waals surface area contributed by atoms with Crippen molar-refractivity contribution >= 4 is 0 Å². The summed E-state index contributed by atoms with van der Waals surface area (Å²) in [6.45, 7) is 5.67. The van der Waals surface area contributed by atoms with Gasteiger partial charge in [-0.25, -0.2) is 4.39 Å². The molecule has 0 spiro atoms. The topological polar surface area (TPSA) is 21.3 Å². The predicted octanol–water partition coefficient (Wildman–Crippen LogP) is 4.22. The molecule has 2 nitrogen and oxygen atoms in total. The van der Waals surface area contributed by atoms with Crippen molar-refractivity contribution in [3.05, 3.63) is 35.6 Å². The van der Waals surface area contributed by atoms with E-state index in [1.807, 2.05) is 20.8 Å². The maximum atomic E-state index is 13.3. The predicted molar refractivity (Wildman–Crippen MR) is 73.5 cm³/mol. The summed E-state index contributed by atoms with van der Waals surface area (Å²) < 4.78 is 55.1. The summed E-state index contributed by atoms with van der Waals surface area (Å²) in [7, 11) is 0. The third-order valence-corrected chi connectivity index (χ3v) is 2.74. The number of alkyl halides is 3. The summed E-state index contributed by atoms with van der Waals surface area (Å²) in [5, 5.41) is 3.16. The number of ether oxygens (including phenoxy) is 1. The molecule has 0 aliphatic heterocycles. The fraction of sp³-hybridized carbons (Fsp3) is 0.600. The van der Waals surface area contributed by atoms with Crippen molar-refractivity contribution in [2.24, 2.45) is 0 Å². The van der Waals surface area contributed by atoms with Gasteiger partial charge in [0.25, 0.3) is 0 Å². The van der Waals surface area contributed by atoms with Gasteiger partial charge in [-0.3, -0.25) is 0 Å². The van der Waals surface area contributed by atoms with Gasteiger partial charge in [-0.15, -0.1) is 0 Å². The van der Waals surface area contributed by atoms with Gasteiger partial charge in [-0.05, 0) is 38.5 Å². The molecule has 0 aromatic heterocycles. The third-order valence-electron chi connectivity index (χ3n) is 2.74. The van der Waals surface area contributed by atoms with Crippen molar-refractivity contribution in [2.45, 2.75) is 45.0 Å². The largest absolute Gasteiger partial charge is 0.391 e. The molecule has 1 aromatic rings. The molecule has 0 aliphatic rings. The molecule has 1 N–H and O–H groups in total. The number of rotatable bonds is 6. The SMILES string of the molecule is CC(C)(C)NCC(OCCC(F)(F)F)c1cccc(F)c1. The van der Waals surface area contributed by atoms with Crippen molar-refractivity contribution in [3.8, 4) is 0 Å². The van der Waals surface area contributed by atoms with E-state index in [2.05, 4.69) is 5.32 Å². The monoisotopic (exact) mass is 307 g/mol. The average Bonchev–Trinajstić information content (AvgIpc) is 2.30. The lowest BCUT2D eigenvalue weighted by Gasteiger charge is -2.26. The molecule has 0 aliphatic carbocycles. The van der Waals surface area contributed by atoms with Crippen molar-refractivity contribution in [1.29, 1.82) is 0 Å². The number of halogens is 4. The van der Waals surface area contributed by atoms with E-state index in [0.717, 1.165) is 0 Å². The minimum Gasteiger partial charge on any atom is -0.372 e. The summed E-state index contributed by atoms with van der Waals surface area (Å²) in [4.78, 5) is 0. The van der Waals surface area contributed by atoms with E-state index in [0.29, 0.717) is 12.1 Å². The molecule has 0 saturated carbocycles. The molecule has 21 heavy (non-hydrogen) atoms. The van der Waals surface area contributed by atoms with Crippen LogP contribution >= 0.6 is 0 Å². The zero-order valence-corrected chi connectivity index (χ0v) is 12.4. The van der Waals surface area contributed by atoms with Gasteiger partial charge in [0.1, 0.15) is 5.82 Å². The van der Waals surface area contributed by atoms with E-state index in [4.69, 9.17) is 4.74 Å². The maximum absolute atomic E-state index is 13.3. The molecule has 0 bridgehead atoms. The second-order valence-corrected chi connectivity index (χ2v) is 5.91. The lowest BCUT2D eigenvalue weighted by Crippen LogP contribution is -2.39. The quantitative estimate of drug-likeness (QED) is 0.794. The van der Waals surface area contributed by atoms with Gasteiger partial charge < -0.3 is 10.1 Å². The van der Waals surface area contributed by atoms with Gasteiger partial charge in [-0.2, -0.15) is 13.2 Å². The lowest BCUT2D eigenvalue weighted by atomic mass is 10.1. The van der Waals surface area contributed by atoms with Crippen LogP contribution in [0.15, 0.2) is 24.3 Å². The fourth-order valence-corrected chi connectivity index (χ4v) is 1.70. The second-order valence-electron chi connectivity index (χ2n) is 5.91. The van der Waals surface area contributed by atoms with Crippen LogP contribution in [0.25, 0.3) is 0 Å². The maximum Gasteiger partial charge on any atom is 0.391 e. The molecule has 0 radical (unpaired) electrons. The number of hydrogen-bond acceptors (Lipinski definition) is 2. The minimum absolute atomic E-state index is 0.209. The second kappa shape index (κ2) is 7.22. The van der Waals surface area contributed by atoms with E-state index in [-0.39, 0.29) is 5.54 Å². The number of benzene rings is 1. The van der Waals surface area contributed by atoms with Crippen molar-refractivity contribution in [2.75, 3.05) is 13.2 Å². The van der Waals surface area contributed by atoms with E-state index in [1.165, 1.54) is 18.2 Å². The molecule has 6 heteroatoms. The smallest absolute Gasteiger partial charge is 0.372 e. The van der Waals surface area contributed by atoms with E-state index >= 15 is 0 Å². The van der Waals surface area contributed by atoms with Crippen LogP contribution in [0.4, 0.5) is 17.6 Å². The van der Waals surface area contributed by atoms with Crippen LogP contribution in [0.5, 0.6) is 0 Å². The first-order chi connectivity index (χ1) is 9.57. The Bertz CT molecular complexity index is 440. The van der Waals surface area contributed by atoms with Gasteiger partial charge in [0.2, 0.25) is 0 Å². The van der Waals surface area contributed by atoms with Crippen molar-refractivity contribution < 1.29 is 22.3 Å². The molecular formula is C15H21F4NO. The highest BCUT2D eigenvalue weighted by Crippen LogP contribution is 2.23. The van der Waals surface area contributed by atoms with Crippen molar-refractivity contribution in [1.82, 2.24) is 5.32 Å². The summed E-state index contributed by atoms with van der Waals surface area (Å²) in [5.41, 5.74) is 0.313. The number of nitrogens with one attached hydrogen (secondary N) is 1. The molecule has 0 amide bonds. The molecule has 1 rings (SSSR count). The molecule has 1 aromatic carbocycles. The molecule has 0 saturated heterocycles. The van der Waals surface area contributed by atoms with Gasteiger partial charge >= 0.3 is 6.18 Å². The van der Waals surface area contributed by atoms with Crippen LogP contribution in [-0.4, -0.2) is 24.9 Å². The third kappa shape index (κ3) is 8.02. The Hall–Kier alpha value is -1.14. The minimum atomic E-state index is -4.26. The normalized spacial score (nSPS) is 14.2. The van der Waals surface area contributed by atoms with Crippen LogP contribution in [0.1, 0.15) is 38.9 Å². The van der Waals surface area contributed by atoms with Crippen LogP contribution < -0.4 is 5.32 Å². The molecule has 1 atom stereocenters.